The van der Waals surface area contributed by atoms with Gasteiger partial charge in [0.25, 0.3) is 5.91 Å². The SMILES string of the molecule is CC[C@H]1CCCCN1C(=O)c1oc(=O)c2ccccc2c1-c1ccc(C)cc1. The fourth-order valence-electron chi connectivity index (χ4n) is 4.18. The third-order valence-corrected chi connectivity index (χ3v) is 5.73. The number of nitrogens with zero attached hydrogens (tertiary/aromatic N) is 1. The topological polar surface area (TPSA) is 50.5 Å². The Bertz CT molecular complexity index is 1070. The fraction of sp³-hybridized carbons (Fsp3) is 0.333. The summed E-state index contributed by atoms with van der Waals surface area (Å²) in [5, 5.41) is 1.26. The maximum Gasteiger partial charge on any atom is 0.344 e. The molecule has 4 heteroatoms. The monoisotopic (exact) mass is 375 g/mol. The predicted octanol–water partition coefficient (Wildman–Crippen LogP) is 5.17. The summed E-state index contributed by atoms with van der Waals surface area (Å²) in [5.74, 6) is -0.0159. The average molecular weight is 375 g/mol. The lowest BCUT2D eigenvalue weighted by Gasteiger charge is -2.35. The van der Waals surface area contributed by atoms with Gasteiger partial charge in [0, 0.05) is 23.5 Å². The Balaban J connectivity index is 1.94. The smallest absolute Gasteiger partial charge is 0.344 e. The summed E-state index contributed by atoms with van der Waals surface area (Å²) in [7, 11) is 0. The van der Waals surface area contributed by atoms with Crippen LogP contribution in [0.1, 0.15) is 48.7 Å². The highest BCUT2D eigenvalue weighted by molar-refractivity contribution is 6.07. The predicted molar refractivity (Wildman–Crippen MR) is 112 cm³/mol. The lowest BCUT2D eigenvalue weighted by Crippen LogP contribution is -2.43. The molecule has 0 unspecified atom stereocenters. The van der Waals surface area contributed by atoms with Crippen LogP contribution in [0, 0.1) is 6.92 Å². The third-order valence-electron chi connectivity index (χ3n) is 5.73. The summed E-state index contributed by atoms with van der Waals surface area (Å²) in [6, 6.07) is 15.6. The molecule has 1 aliphatic rings. The molecule has 0 saturated carbocycles. The summed E-state index contributed by atoms with van der Waals surface area (Å²) < 4.78 is 5.67. The molecule has 2 aromatic carbocycles. The molecule has 4 nitrogen and oxygen atoms in total. The number of piperidine rings is 1. The van der Waals surface area contributed by atoms with E-state index < -0.39 is 5.63 Å². The number of hydrogen-bond acceptors (Lipinski definition) is 3. The number of carbonyl (C=O) groups is 1. The molecular weight excluding hydrogens is 350 g/mol. The van der Waals surface area contributed by atoms with Crippen LogP contribution in [0.15, 0.2) is 57.7 Å². The lowest BCUT2D eigenvalue weighted by atomic mass is 9.95. The number of hydrogen-bond donors (Lipinski definition) is 0. The van der Waals surface area contributed by atoms with E-state index in [4.69, 9.17) is 4.42 Å². The summed E-state index contributed by atoms with van der Waals surface area (Å²) in [6.45, 7) is 4.84. The van der Waals surface area contributed by atoms with Crippen molar-refractivity contribution < 1.29 is 9.21 Å². The highest BCUT2D eigenvalue weighted by Crippen LogP contribution is 2.33. The second kappa shape index (κ2) is 7.63. The second-order valence-corrected chi connectivity index (χ2v) is 7.56. The first-order chi connectivity index (χ1) is 13.6. The molecule has 3 aromatic rings. The molecular formula is C24H25NO3. The van der Waals surface area contributed by atoms with E-state index in [1.165, 1.54) is 0 Å². The summed E-state index contributed by atoms with van der Waals surface area (Å²) in [5.41, 5.74) is 2.28. The minimum Gasteiger partial charge on any atom is -0.416 e. The third kappa shape index (κ3) is 3.24. The van der Waals surface area contributed by atoms with Gasteiger partial charge in [-0.15, -0.1) is 0 Å². The van der Waals surface area contributed by atoms with Gasteiger partial charge in [-0.25, -0.2) is 4.79 Å². The fourth-order valence-corrected chi connectivity index (χ4v) is 4.18. The molecule has 1 fully saturated rings. The summed E-state index contributed by atoms with van der Waals surface area (Å²) >= 11 is 0. The Morgan fingerprint density at radius 2 is 1.79 bits per heavy atom. The van der Waals surface area contributed by atoms with Crippen LogP contribution in [0.2, 0.25) is 0 Å². The van der Waals surface area contributed by atoms with Crippen molar-refractivity contribution in [1.82, 2.24) is 4.90 Å². The Kier molecular flexibility index (Phi) is 5.03. The van der Waals surface area contributed by atoms with Gasteiger partial charge in [-0.05, 0) is 44.2 Å². The molecule has 4 rings (SSSR count). The van der Waals surface area contributed by atoms with Gasteiger partial charge < -0.3 is 9.32 Å². The van der Waals surface area contributed by atoms with Crippen molar-refractivity contribution in [3.63, 3.8) is 0 Å². The van der Waals surface area contributed by atoms with Crippen LogP contribution < -0.4 is 5.63 Å². The maximum atomic E-state index is 13.5. The Morgan fingerprint density at radius 3 is 2.50 bits per heavy atom. The Hall–Kier alpha value is -2.88. The molecule has 0 N–H and O–H groups in total. The van der Waals surface area contributed by atoms with E-state index >= 15 is 0 Å². The highest BCUT2D eigenvalue weighted by Gasteiger charge is 2.31. The normalized spacial score (nSPS) is 17.1. The van der Waals surface area contributed by atoms with Crippen LogP contribution in [-0.4, -0.2) is 23.4 Å². The van der Waals surface area contributed by atoms with E-state index in [1.807, 2.05) is 54.3 Å². The largest absolute Gasteiger partial charge is 0.416 e. The zero-order chi connectivity index (χ0) is 19.7. The average Bonchev–Trinajstić information content (AvgIpc) is 2.74. The van der Waals surface area contributed by atoms with Crippen molar-refractivity contribution in [1.29, 1.82) is 0 Å². The van der Waals surface area contributed by atoms with Crippen molar-refractivity contribution in [3.05, 3.63) is 70.3 Å². The molecule has 144 valence electrons. The van der Waals surface area contributed by atoms with E-state index in [0.717, 1.165) is 42.2 Å². The molecule has 0 spiro atoms. The van der Waals surface area contributed by atoms with Crippen LogP contribution in [0.5, 0.6) is 0 Å². The minimum atomic E-state index is -0.458. The summed E-state index contributed by atoms with van der Waals surface area (Å²) in [6.07, 6.45) is 4.03. The number of rotatable bonds is 3. The second-order valence-electron chi connectivity index (χ2n) is 7.56. The van der Waals surface area contributed by atoms with Gasteiger partial charge in [0.05, 0.1) is 5.39 Å². The highest BCUT2D eigenvalue weighted by atomic mass is 16.4. The number of aryl methyl sites for hydroxylation is 1. The van der Waals surface area contributed by atoms with Gasteiger partial charge in [-0.2, -0.15) is 0 Å². The van der Waals surface area contributed by atoms with Gasteiger partial charge in [-0.1, -0.05) is 55.0 Å². The Labute approximate surface area is 164 Å². The van der Waals surface area contributed by atoms with Gasteiger partial charge in [0.1, 0.15) is 0 Å². The molecule has 0 bridgehead atoms. The van der Waals surface area contributed by atoms with Crippen molar-refractivity contribution in [2.24, 2.45) is 0 Å². The molecule has 28 heavy (non-hydrogen) atoms. The Morgan fingerprint density at radius 1 is 1.07 bits per heavy atom. The molecule has 1 atom stereocenters. The number of likely N-dealkylation sites (tertiary alicyclic amines) is 1. The van der Waals surface area contributed by atoms with Crippen molar-refractivity contribution in [3.8, 4) is 11.1 Å². The van der Waals surface area contributed by atoms with Crippen LogP contribution in [-0.2, 0) is 0 Å². The zero-order valence-corrected chi connectivity index (χ0v) is 16.4. The lowest BCUT2D eigenvalue weighted by molar-refractivity contribution is 0.0572. The van der Waals surface area contributed by atoms with Crippen molar-refractivity contribution in [2.75, 3.05) is 6.54 Å². The first kappa shape index (κ1) is 18.5. The molecule has 2 heterocycles. The van der Waals surface area contributed by atoms with E-state index in [9.17, 15) is 9.59 Å². The summed E-state index contributed by atoms with van der Waals surface area (Å²) in [4.78, 5) is 28.1. The zero-order valence-electron chi connectivity index (χ0n) is 16.4. The van der Waals surface area contributed by atoms with E-state index in [2.05, 4.69) is 6.92 Å². The van der Waals surface area contributed by atoms with Crippen molar-refractivity contribution >= 4 is 16.7 Å². The van der Waals surface area contributed by atoms with Gasteiger partial charge in [-0.3, -0.25) is 4.79 Å². The number of benzene rings is 2. The molecule has 1 aliphatic heterocycles. The first-order valence-corrected chi connectivity index (χ1v) is 10.0. The minimum absolute atomic E-state index is 0.160. The van der Waals surface area contributed by atoms with Gasteiger partial charge >= 0.3 is 5.63 Å². The molecule has 1 saturated heterocycles. The molecule has 1 aromatic heterocycles. The van der Waals surface area contributed by atoms with E-state index in [1.54, 1.807) is 6.07 Å². The number of carbonyl (C=O) groups excluding carboxylic acids is 1. The van der Waals surface area contributed by atoms with Crippen molar-refractivity contribution in [2.45, 2.75) is 45.6 Å². The number of fused-ring (bicyclic) bond motifs is 1. The molecule has 1 amide bonds. The van der Waals surface area contributed by atoms with Crippen LogP contribution >= 0.6 is 0 Å². The van der Waals surface area contributed by atoms with Crippen LogP contribution in [0.25, 0.3) is 21.9 Å². The molecule has 0 radical (unpaired) electrons. The quantitative estimate of drug-likeness (QED) is 0.634. The van der Waals surface area contributed by atoms with Crippen LogP contribution in [0.3, 0.4) is 0 Å². The first-order valence-electron chi connectivity index (χ1n) is 10.0. The number of amides is 1. The van der Waals surface area contributed by atoms with E-state index in [0.29, 0.717) is 17.5 Å². The van der Waals surface area contributed by atoms with Gasteiger partial charge in [0.15, 0.2) is 0 Å². The van der Waals surface area contributed by atoms with Gasteiger partial charge in [0.2, 0.25) is 5.76 Å². The van der Waals surface area contributed by atoms with Crippen LogP contribution in [0.4, 0.5) is 0 Å². The standard InChI is InChI=1S/C24H25NO3/c1-3-18-8-6-7-15-25(18)23(26)22-21(17-13-11-16(2)12-14-17)19-9-4-5-10-20(19)24(27)28-22/h4-5,9-14,18H,3,6-8,15H2,1-2H3/t18-/m0/s1. The van der Waals surface area contributed by atoms with E-state index in [-0.39, 0.29) is 17.7 Å². The maximum absolute atomic E-state index is 13.5. The molecule has 0 aliphatic carbocycles.